The van der Waals surface area contributed by atoms with Crippen LogP contribution in [-0.4, -0.2) is 99.7 Å². The van der Waals surface area contributed by atoms with Gasteiger partial charge in [-0.1, -0.05) is 53.7 Å². The summed E-state index contributed by atoms with van der Waals surface area (Å²) in [6, 6.07) is 13.1. The first kappa shape index (κ1) is 44.8. The first-order valence-electron chi connectivity index (χ1n) is 22.5. The number of aromatic hydroxyl groups is 1. The second kappa shape index (κ2) is 18.6. The van der Waals surface area contributed by atoms with E-state index in [0.717, 1.165) is 63.9 Å². The van der Waals surface area contributed by atoms with Crippen LogP contribution in [0.5, 0.6) is 5.75 Å². The SMILES string of the molecule is CCn1c(-c2cccnc2C(C)C)c2c3cc(ccc31)-c1cc(O)cc(c1)C[C@H](NC(=O)[C@H](C(C)C)N(C)C(=O)C1CCCNC1)C(=O)N1CCC[C@H](N1)C(=O)OCC(C)(C)C2. The molecule has 7 rings (SSSR count). The number of hydrogen-bond acceptors (Lipinski definition) is 9. The Morgan fingerprint density at radius 2 is 1.84 bits per heavy atom. The average molecular weight is 848 g/mol. The first-order valence-corrected chi connectivity index (χ1v) is 22.5. The van der Waals surface area contributed by atoms with Gasteiger partial charge < -0.3 is 29.9 Å². The highest BCUT2D eigenvalue weighted by atomic mass is 16.5. The number of hydrogen-bond donors (Lipinski definition) is 4. The number of carbonyl (C=O) groups is 4. The fourth-order valence-corrected chi connectivity index (χ4v) is 9.76. The van der Waals surface area contributed by atoms with E-state index in [9.17, 15) is 24.3 Å². The van der Waals surface area contributed by atoms with E-state index in [2.05, 4.69) is 79.5 Å². The third-order valence-corrected chi connectivity index (χ3v) is 12.8. The van der Waals surface area contributed by atoms with Crippen molar-refractivity contribution in [2.24, 2.45) is 17.3 Å². The van der Waals surface area contributed by atoms with Crippen LogP contribution in [-0.2, 0) is 43.3 Å². The largest absolute Gasteiger partial charge is 0.508 e. The summed E-state index contributed by atoms with van der Waals surface area (Å²) in [4.78, 5) is 63.0. The van der Waals surface area contributed by atoms with E-state index in [1.165, 1.54) is 9.91 Å². The Morgan fingerprint density at radius 3 is 2.55 bits per heavy atom. The number of nitrogens with zero attached hydrogens (tertiary/aromatic N) is 4. The van der Waals surface area contributed by atoms with Gasteiger partial charge in [0.15, 0.2) is 0 Å². The number of ether oxygens (including phenoxy) is 1. The third-order valence-electron chi connectivity index (χ3n) is 12.8. The maximum atomic E-state index is 14.6. The van der Waals surface area contributed by atoms with Crippen molar-refractivity contribution in [3.63, 3.8) is 0 Å². The van der Waals surface area contributed by atoms with E-state index in [0.29, 0.717) is 44.5 Å². The average Bonchev–Trinajstić information content (AvgIpc) is 3.55. The van der Waals surface area contributed by atoms with Gasteiger partial charge in [0.2, 0.25) is 11.8 Å². The fraction of sp³-hybridized carbons (Fsp3) is 0.531. The molecular weight excluding hydrogens is 783 g/mol. The third kappa shape index (κ3) is 9.39. The number of benzene rings is 2. The molecule has 3 amide bonds. The van der Waals surface area contributed by atoms with Crippen LogP contribution in [0.4, 0.5) is 0 Å². The van der Waals surface area contributed by atoms with E-state index in [-0.39, 0.29) is 42.4 Å². The van der Waals surface area contributed by atoms with Crippen molar-refractivity contribution in [3.05, 3.63) is 71.5 Å². The molecule has 4 N–H and O–H groups in total. The molecule has 3 aliphatic heterocycles. The van der Waals surface area contributed by atoms with Gasteiger partial charge >= 0.3 is 5.97 Å². The molecule has 62 heavy (non-hydrogen) atoms. The van der Waals surface area contributed by atoms with Gasteiger partial charge in [-0.3, -0.25) is 29.2 Å². The molecule has 1 unspecified atom stereocenters. The van der Waals surface area contributed by atoms with Gasteiger partial charge in [0, 0.05) is 61.2 Å². The molecule has 13 nitrogen and oxygen atoms in total. The summed E-state index contributed by atoms with van der Waals surface area (Å²) >= 11 is 0. The van der Waals surface area contributed by atoms with Crippen LogP contribution in [0.1, 0.15) is 96.9 Å². The predicted molar refractivity (Wildman–Crippen MR) is 241 cm³/mol. The molecule has 2 saturated heterocycles. The summed E-state index contributed by atoms with van der Waals surface area (Å²) in [5.41, 5.74) is 10.3. The smallest absolute Gasteiger partial charge is 0.324 e. The lowest BCUT2D eigenvalue weighted by Crippen LogP contribution is -2.62. The van der Waals surface area contributed by atoms with E-state index in [4.69, 9.17) is 9.72 Å². The maximum Gasteiger partial charge on any atom is 0.324 e. The van der Waals surface area contributed by atoms with Crippen molar-refractivity contribution >= 4 is 34.6 Å². The zero-order valence-corrected chi connectivity index (χ0v) is 37.7. The van der Waals surface area contributed by atoms with Crippen LogP contribution in [0.15, 0.2) is 54.7 Å². The number of hydrazine groups is 1. The summed E-state index contributed by atoms with van der Waals surface area (Å²) < 4.78 is 8.46. The number of amides is 3. The Balaban J connectivity index is 1.33. The number of nitrogens with one attached hydrogen (secondary N) is 3. The number of phenols is 1. The summed E-state index contributed by atoms with van der Waals surface area (Å²) in [5.74, 6) is -1.70. The number of piperidine rings is 1. The number of aromatic nitrogens is 2. The maximum absolute atomic E-state index is 14.6. The molecule has 13 heteroatoms. The number of pyridine rings is 1. The number of fused-ring (bicyclic) bond motifs is 6. The lowest BCUT2D eigenvalue weighted by molar-refractivity contribution is -0.155. The number of rotatable bonds is 8. The Hall–Kier alpha value is -5.27. The lowest BCUT2D eigenvalue weighted by atomic mass is 9.83. The van der Waals surface area contributed by atoms with E-state index >= 15 is 0 Å². The zero-order valence-electron chi connectivity index (χ0n) is 37.7. The highest BCUT2D eigenvalue weighted by Crippen LogP contribution is 2.42. The second-order valence-electron chi connectivity index (χ2n) is 19.0. The number of likely N-dealkylation sites (N-methyl/N-ethyl adjacent to an activating group) is 1. The van der Waals surface area contributed by atoms with E-state index in [1.807, 2.05) is 32.2 Å². The van der Waals surface area contributed by atoms with E-state index < -0.39 is 41.3 Å². The molecule has 2 aromatic carbocycles. The fourth-order valence-electron chi connectivity index (χ4n) is 9.76. The zero-order chi connectivity index (χ0) is 44.5. The van der Waals surface area contributed by atoms with Crippen molar-refractivity contribution in [2.45, 2.75) is 118 Å². The summed E-state index contributed by atoms with van der Waals surface area (Å²) in [5, 5.41) is 20.1. The van der Waals surface area contributed by atoms with Crippen LogP contribution < -0.4 is 16.1 Å². The Bertz CT molecular complexity index is 2310. The van der Waals surface area contributed by atoms with E-state index in [1.54, 1.807) is 19.2 Å². The molecule has 6 bridgehead atoms. The normalized spacial score (nSPS) is 21.4. The molecule has 0 spiro atoms. The molecule has 4 atom stereocenters. The molecule has 4 aromatic rings. The Labute approximate surface area is 365 Å². The lowest BCUT2D eigenvalue weighted by Gasteiger charge is -2.37. The number of esters is 1. The summed E-state index contributed by atoms with van der Waals surface area (Å²) in [7, 11) is 1.66. The van der Waals surface area contributed by atoms with Crippen molar-refractivity contribution in [3.8, 4) is 28.1 Å². The van der Waals surface area contributed by atoms with Gasteiger partial charge in [-0.15, -0.1) is 0 Å². The highest BCUT2D eigenvalue weighted by Gasteiger charge is 2.39. The minimum absolute atomic E-state index is 0.0278. The molecule has 2 aromatic heterocycles. The van der Waals surface area contributed by atoms with Gasteiger partial charge in [-0.25, -0.2) is 5.43 Å². The van der Waals surface area contributed by atoms with Gasteiger partial charge in [0.05, 0.1) is 23.9 Å². The summed E-state index contributed by atoms with van der Waals surface area (Å²) in [6.07, 6.45) is 5.14. The van der Waals surface area contributed by atoms with Crippen molar-refractivity contribution in [2.75, 3.05) is 33.3 Å². The number of carbonyl (C=O) groups excluding carboxylic acids is 4. The number of phenolic OH excluding ortho intramolecular Hbond substituents is 1. The topological polar surface area (TPSA) is 158 Å². The molecule has 0 saturated carbocycles. The molecule has 2 fully saturated rings. The van der Waals surface area contributed by atoms with Crippen molar-refractivity contribution in [1.82, 2.24) is 35.5 Å². The van der Waals surface area contributed by atoms with Crippen LogP contribution in [0.3, 0.4) is 0 Å². The van der Waals surface area contributed by atoms with Gasteiger partial charge in [0.1, 0.15) is 23.9 Å². The number of aryl methyl sites for hydroxylation is 1. The minimum atomic E-state index is -1.09. The van der Waals surface area contributed by atoms with Crippen LogP contribution in [0.25, 0.3) is 33.3 Å². The van der Waals surface area contributed by atoms with Gasteiger partial charge in [-0.05, 0) is 116 Å². The first-order chi connectivity index (χ1) is 29.6. The van der Waals surface area contributed by atoms with Crippen LogP contribution in [0, 0.1) is 17.3 Å². The summed E-state index contributed by atoms with van der Waals surface area (Å²) in [6.45, 7) is 17.0. The monoisotopic (exact) mass is 847 g/mol. The Morgan fingerprint density at radius 1 is 1.05 bits per heavy atom. The molecular formula is C49H65N7O6. The van der Waals surface area contributed by atoms with Crippen molar-refractivity contribution < 1.29 is 29.0 Å². The quantitative estimate of drug-likeness (QED) is 0.148. The highest BCUT2D eigenvalue weighted by molar-refractivity contribution is 5.96. The van der Waals surface area contributed by atoms with Gasteiger partial charge in [-0.2, -0.15) is 0 Å². The predicted octanol–water partition coefficient (Wildman–Crippen LogP) is 6.35. The van der Waals surface area contributed by atoms with Gasteiger partial charge in [0.25, 0.3) is 5.91 Å². The number of cyclic esters (lactones) is 1. The second-order valence-corrected chi connectivity index (χ2v) is 19.0. The molecule has 332 valence electrons. The molecule has 5 heterocycles. The minimum Gasteiger partial charge on any atom is -0.508 e. The molecule has 0 radical (unpaired) electrons. The Kier molecular flexibility index (Phi) is 13.4. The molecule has 0 aliphatic carbocycles. The van der Waals surface area contributed by atoms with Crippen molar-refractivity contribution in [1.29, 1.82) is 0 Å². The standard InChI is InChI=1S/C49H65N7O6/c1-9-55-41-17-16-32-25-37(41)38(44(55)36-14-11-19-51-42(36)29(2)3)26-49(6,7)28-62-48(61)39-15-12-20-56(53-39)47(60)40(23-31-21-34(32)24-35(57)22-31)52-45(58)43(30(4)5)54(8)46(59)33-13-10-18-50-27-33/h11,14,16-17,19,21-22,24-25,29-30,33,39-40,43,50,53,57H,9-10,12-13,15,18,20,23,26-28H2,1-8H3,(H,52,58)/t33?,39-,40-,43-/m0/s1. The van der Waals surface area contributed by atoms with Crippen LogP contribution in [0.2, 0.25) is 0 Å². The van der Waals surface area contributed by atoms with Crippen LogP contribution >= 0.6 is 0 Å². The molecule has 3 aliphatic rings.